The van der Waals surface area contributed by atoms with Gasteiger partial charge in [0.25, 0.3) is 5.91 Å². The van der Waals surface area contributed by atoms with Gasteiger partial charge in [-0.25, -0.2) is 4.98 Å². The van der Waals surface area contributed by atoms with E-state index in [0.29, 0.717) is 0 Å². The van der Waals surface area contributed by atoms with E-state index in [2.05, 4.69) is 16.4 Å². The average Bonchev–Trinajstić information content (AvgIpc) is 2.53. The first-order valence-corrected chi connectivity index (χ1v) is 8.13. The summed E-state index contributed by atoms with van der Waals surface area (Å²) in [6.45, 7) is 0. The number of hydrogen-bond acceptors (Lipinski definition) is 2. The zero-order chi connectivity index (χ0) is 15.7. The van der Waals surface area contributed by atoms with E-state index in [9.17, 15) is 4.79 Å². The first kappa shape index (κ1) is 15.6. The van der Waals surface area contributed by atoms with Gasteiger partial charge in [0.1, 0.15) is 5.69 Å². The molecule has 1 aliphatic rings. The molecule has 0 radical (unpaired) electrons. The molecule has 1 aliphatic carbocycles. The van der Waals surface area contributed by atoms with E-state index in [-0.39, 0.29) is 26.7 Å². The minimum Gasteiger partial charge on any atom is -0.320 e. The molecular weight excluding hydrogens is 343 g/mol. The maximum Gasteiger partial charge on any atom is 0.275 e. The van der Waals surface area contributed by atoms with Gasteiger partial charge in [0.2, 0.25) is 0 Å². The van der Waals surface area contributed by atoms with Gasteiger partial charge >= 0.3 is 0 Å². The van der Waals surface area contributed by atoms with Gasteiger partial charge in [-0.05, 0) is 42.9 Å². The Morgan fingerprint density at radius 3 is 2.68 bits per heavy atom. The number of carbonyl (C=O) groups is 1. The molecule has 3 nitrogen and oxygen atoms in total. The lowest BCUT2D eigenvalue weighted by molar-refractivity contribution is 0.102. The Morgan fingerprint density at radius 2 is 1.86 bits per heavy atom. The highest BCUT2D eigenvalue weighted by Gasteiger charge is 2.19. The lowest BCUT2D eigenvalue weighted by Gasteiger charge is -2.19. The number of rotatable bonds is 2. The highest BCUT2D eigenvalue weighted by atomic mass is 35.5. The molecule has 22 heavy (non-hydrogen) atoms. The third kappa shape index (κ3) is 2.94. The highest BCUT2D eigenvalue weighted by molar-refractivity contribution is 6.49. The van der Waals surface area contributed by atoms with Crippen molar-refractivity contribution in [2.45, 2.75) is 25.7 Å². The summed E-state index contributed by atoms with van der Waals surface area (Å²) >= 11 is 17.9. The largest absolute Gasteiger partial charge is 0.320 e. The molecule has 0 saturated heterocycles. The molecule has 0 fully saturated rings. The van der Waals surface area contributed by atoms with Crippen LogP contribution in [0.3, 0.4) is 0 Å². The van der Waals surface area contributed by atoms with Crippen molar-refractivity contribution in [3.05, 3.63) is 56.3 Å². The Balaban J connectivity index is 1.91. The van der Waals surface area contributed by atoms with E-state index in [1.807, 2.05) is 12.1 Å². The first-order valence-electron chi connectivity index (χ1n) is 6.99. The van der Waals surface area contributed by atoms with Crippen LogP contribution in [0.1, 0.15) is 34.5 Å². The molecule has 1 amide bonds. The van der Waals surface area contributed by atoms with Crippen LogP contribution in [0.15, 0.2) is 24.4 Å². The zero-order valence-corrected chi connectivity index (χ0v) is 13.9. The lowest BCUT2D eigenvalue weighted by atomic mass is 9.90. The van der Waals surface area contributed by atoms with Gasteiger partial charge in [0, 0.05) is 11.9 Å². The minimum absolute atomic E-state index is 0.0662. The predicted molar refractivity (Wildman–Crippen MR) is 90.3 cm³/mol. The van der Waals surface area contributed by atoms with Gasteiger partial charge in [-0.1, -0.05) is 46.9 Å². The highest BCUT2D eigenvalue weighted by Crippen LogP contribution is 2.32. The summed E-state index contributed by atoms with van der Waals surface area (Å²) < 4.78 is 0. The summed E-state index contributed by atoms with van der Waals surface area (Å²) in [4.78, 5) is 16.4. The summed E-state index contributed by atoms with van der Waals surface area (Å²) in [6.07, 6.45) is 5.65. The second-order valence-electron chi connectivity index (χ2n) is 5.19. The van der Waals surface area contributed by atoms with E-state index < -0.39 is 0 Å². The number of aromatic nitrogens is 1. The van der Waals surface area contributed by atoms with Gasteiger partial charge < -0.3 is 5.32 Å². The number of fused-ring (bicyclic) bond motifs is 1. The molecule has 0 unspecified atom stereocenters. The van der Waals surface area contributed by atoms with Crippen molar-refractivity contribution in [2.75, 3.05) is 5.32 Å². The standard InChI is InChI=1S/C16H13Cl3N2O/c17-11-8-20-15(14(19)13(11)18)16(22)21-12-7-3-5-9-4-1-2-6-10(9)12/h3,5,7-8H,1-2,4,6H2,(H,21,22). The average molecular weight is 356 g/mol. The molecule has 1 aromatic heterocycles. The van der Waals surface area contributed by atoms with Crippen LogP contribution in [0.4, 0.5) is 5.69 Å². The van der Waals surface area contributed by atoms with Crippen molar-refractivity contribution >= 4 is 46.4 Å². The predicted octanol–water partition coefficient (Wildman–Crippen LogP) is 5.17. The molecule has 1 N–H and O–H groups in total. The van der Waals surface area contributed by atoms with Gasteiger partial charge in [0.05, 0.1) is 15.1 Å². The Morgan fingerprint density at radius 1 is 1.09 bits per heavy atom. The molecular formula is C16H13Cl3N2O. The minimum atomic E-state index is -0.387. The molecule has 1 heterocycles. The number of halogens is 3. The zero-order valence-electron chi connectivity index (χ0n) is 11.6. The van der Waals surface area contributed by atoms with E-state index in [0.717, 1.165) is 24.9 Å². The second-order valence-corrected chi connectivity index (χ2v) is 6.35. The summed E-state index contributed by atoms with van der Waals surface area (Å²) in [5, 5.41) is 3.31. The van der Waals surface area contributed by atoms with Crippen molar-refractivity contribution in [1.29, 1.82) is 0 Å². The van der Waals surface area contributed by atoms with E-state index in [1.54, 1.807) is 0 Å². The monoisotopic (exact) mass is 354 g/mol. The number of anilines is 1. The first-order chi connectivity index (χ1) is 10.6. The van der Waals surface area contributed by atoms with Crippen LogP contribution < -0.4 is 5.32 Å². The number of amides is 1. The molecule has 1 aromatic carbocycles. The number of nitrogens with zero attached hydrogens (tertiary/aromatic N) is 1. The van der Waals surface area contributed by atoms with Crippen LogP contribution in [-0.2, 0) is 12.8 Å². The van der Waals surface area contributed by atoms with Crippen molar-refractivity contribution in [2.24, 2.45) is 0 Å². The number of nitrogens with one attached hydrogen (secondary N) is 1. The second kappa shape index (κ2) is 6.45. The third-order valence-corrected chi connectivity index (χ3v) is 5.02. The topological polar surface area (TPSA) is 42.0 Å². The molecule has 114 valence electrons. The molecule has 3 rings (SSSR count). The number of hydrogen-bond donors (Lipinski definition) is 1. The van der Waals surface area contributed by atoms with Crippen LogP contribution in [0.5, 0.6) is 0 Å². The molecule has 0 bridgehead atoms. The van der Waals surface area contributed by atoms with Gasteiger partial charge in [0.15, 0.2) is 0 Å². The Kier molecular flexibility index (Phi) is 4.57. The fraction of sp³-hybridized carbons (Fsp3) is 0.250. The van der Waals surface area contributed by atoms with Crippen molar-refractivity contribution < 1.29 is 4.79 Å². The van der Waals surface area contributed by atoms with Crippen LogP contribution in [-0.4, -0.2) is 10.9 Å². The fourth-order valence-electron chi connectivity index (χ4n) is 2.68. The van der Waals surface area contributed by atoms with Crippen LogP contribution >= 0.6 is 34.8 Å². The van der Waals surface area contributed by atoms with E-state index in [4.69, 9.17) is 34.8 Å². The van der Waals surface area contributed by atoms with Crippen LogP contribution in [0.25, 0.3) is 0 Å². The van der Waals surface area contributed by atoms with Crippen molar-refractivity contribution in [1.82, 2.24) is 4.98 Å². The molecule has 0 atom stereocenters. The third-order valence-electron chi connectivity index (χ3n) is 3.78. The number of pyridine rings is 1. The normalized spacial score (nSPS) is 13.6. The van der Waals surface area contributed by atoms with E-state index in [1.165, 1.54) is 23.7 Å². The van der Waals surface area contributed by atoms with E-state index >= 15 is 0 Å². The molecule has 0 spiro atoms. The molecule has 2 aromatic rings. The van der Waals surface area contributed by atoms with Gasteiger partial charge in [-0.2, -0.15) is 0 Å². The van der Waals surface area contributed by atoms with Crippen molar-refractivity contribution in [3.8, 4) is 0 Å². The Labute approximate surface area is 143 Å². The summed E-state index contributed by atoms with van der Waals surface area (Å²) in [7, 11) is 0. The van der Waals surface area contributed by atoms with Gasteiger partial charge in [-0.3, -0.25) is 4.79 Å². The molecule has 0 aliphatic heterocycles. The summed E-state index contributed by atoms with van der Waals surface area (Å²) in [5.41, 5.74) is 3.37. The Bertz CT molecular complexity index is 746. The maximum absolute atomic E-state index is 12.4. The van der Waals surface area contributed by atoms with Crippen LogP contribution in [0, 0.1) is 0 Å². The fourth-order valence-corrected chi connectivity index (χ4v) is 3.25. The quantitative estimate of drug-likeness (QED) is 0.807. The summed E-state index contributed by atoms with van der Waals surface area (Å²) in [6, 6.07) is 5.95. The number of aryl methyl sites for hydroxylation is 1. The summed E-state index contributed by atoms with van der Waals surface area (Å²) in [5.74, 6) is -0.387. The Hall–Kier alpha value is -1.29. The number of benzene rings is 1. The maximum atomic E-state index is 12.4. The SMILES string of the molecule is O=C(Nc1cccc2c1CCCC2)c1ncc(Cl)c(Cl)c1Cl. The van der Waals surface area contributed by atoms with Crippen molar-refractivity contribution in [3.63, 3.8) is 0 Å². The number of carbonyl (C=O) groups excluding carboxylic acids is 1. The smallest absolute Gasteiger partial charge is 0.275 e. The van der Waals surface area contributed by atoms with Crippen LogP contribution in [0.2, 0.25) is 15.1 Å². The van der Waals surface area contributed by atoms with Gasteiger partial charge in [-0.15, -0.1) is 0 Å². The molecule has 0 saturated carbocycles. The molecule has 6 heteroatoms. The lowest BCUT2D eigenvalue weighted by Crippen LogP contribution is -2.17.